The Kier molecular flexibility index (Phi) is 6.65. The largest absolute Gasteiger partial charge is 0.303 e. The van der Waals surface area contributed by atoms with Crippen LogP contribution in [0, 0.1) is 11.3 Å². The molecule has 0 saturated carbocycles. The molecule has 5 nitrogen and oxygen atoms in total. The standard InChI is InChI=1S/C14H21N3O2S/c1-3-17(4-2)10-9-16-20(18,19)12-14-7-5-13(11-15)6-8-14/h5-8,16H,3-4,9-10,12H2,1-2H3. The van der Waals surface area contributed by atoms with Gasteiger partial charge < -0.3 is 4.90 Å². The second-order valence-electron chi connectivity index (χ2n) is 4.49. The van der Waals surface area contributed by atoms with Crippen molar-refractivity contribution in [1.82, 2.24) is 9.62 Å². The van der Waals surface area contributed by atoms with Crippen LogP contribution < -0.4 is 4.72 Å². The van der Waals surface area contributed by atoms with E-state index in [4.69, 9.17) is 5.26 Å². The summed E-state index contributed by atoms with van der Waals surface area (Å²) in [5.41, 5.74) is 1.21. The Labute approximate surface area is 121 Å². The summed E-state index contributed by atoms with van der Waals surface area (Å²) in [7, 11) is -3.33. The molecule has 1 N–H and O–H groups in total. The molecule has 0 aliphatic carbocycles. The Morgan fingerprint density at radius 1 is 1.20 bits per heavy atom. The van der Waals surface area contributed by atoms with E-state index in [2.05, 4.69) is 23.5 Å². The van der Waals surface area contributed by atoms with Crippen molar-refractivity contribution >= 4 is 10.0 Å². The van der Waals surface area contributed by atoms with Crippen LogP contribution in [0.3, 0.4) is 0 Å². The van der Waals surface area contributed by atoms with Gasteiger partial charge in [0, 0.05) is 13.1 Å². The van der Waals surface area contributed by atoms with Gasteiger partial charge in [0.15, 0.2) is 0 Å². The van der Waals surface area contributed by atoms with Crippen LogP contribution in [0.25, 0.3) is 0 Å². The van der Waals surface area contributed by atoms with Gasteiger partial charge in [-0.15, -0.1) is 0 Å². The minimum Gasteiger partial charge on any atom is -0.303 e. The molecule has 0 heterocycles. The average Bonchev–Trinajstić information content (AvgIpc) is 2.44. The third-order valence-electron chi connectivity index (χ3n) is 3.08. The van der Waals surface area contributed by atoms with Crippen molar-refractivity contribution in [1.29, 1.82) is 5.26 Å². The number of benzene rings is 1. The van der Waals surface area contributed by atoms with Crippen LogP contribution in [0.4, 0.5) is 0 Å². The van der Waals surface area contributed by atoms with Gasteiger partial charge >= 0.3 is 0 Å². The fraction of sp³-hybridized carbons (Fsp3) is 0.500. The normalized spacial score (nSPS) is 11.5. The Morgan fingerprint density at radius 3 is 2.30 bits per heavy atom. The van der Waals surface area contributed by atoms with Crippen molar-refractivity contribution in [2.45, 2.75) is 19.6 Å². The van der Waals surface area contributed by atoms with Gasteiger partial charge in [-0.2, -0.15) is 5.26 Å². The minimum atomic E-state index is -3.33. The van der Waals surface area contributed by atoms with E-state index in [-0.39, 0.29) is 5.75 Å². The van der Waals surface area contributed by atoms with E-state index in [1.165, 1.54) is 0 Å². The summed E-state index contributed by atoms with van der Waals surface area (Å²) in [5.74, 6) is -0.0586. The molecule has 0 aliphatic rings. The average molecular weight is 295 g/mol. The Bertz CT molecular complexity index is 543. The summed E-state index contributed by atoms with van der Waals surface area (Å²) < 4.78 is 26.4. The van der Waals surface area contributed by atoms with Crippen LogP contribution in [-0.2, 0) is 15.8 Å². The fourth-order valence-electron chi connectivity index (χ4n) is 1.85. The zero-order chi connectivity index (χ0) is 15.0. The molecule has 0 unspecified atom stereocenters. The molecule has 0 bridgehead atoms. The van der Waals surface area contributed by atoms with E-state index < -0.39 is 10.0 Å². The molecule has 110 valence electrons. The lowest BCUT2D eigenvalue weighted by molar-refractivity contribution is 0.309. The molecule has 0 atom stereocenters. The molecule has 1 aromatic rings. The van der Waals surface area contributed by atoms with E-state index in [0.29, 0.717) is 24.2 Å². The Hall–Kier alpha value is -1.42. The molecule has 0 amide bonds. The van der Waals surface area contributed by atoms with E-state index in [0.717, 1.165) is 13.1 Å². The first-order valence-corrected chi connectivity index (χ1v) is 8.34. The number of likely N-dealkylation sites (N-methyl/N-ethyl adjacent to an activating group) is 1. The van der Waals surface area contributed by atoms with Crippen molar-refractivity contribution in [3.8, 4) is 6.07 Å². The second-order valence-corrected chi connectivity index (χ2v) is 6.30. The number of hydrogen-bond acceptors (Lipinski definition) is 4. The third kappa shape index (κ3) is 5.70. The minimum absolute atomic E-state index is 0.0586. The topological polar surface area (TPSA) is 73.2 Å². The molecule has 1 rings (SSSR count). The number of sulfonamides is 1. The summed E-state index contributed by atoms with van der Waals surface area (Å²) in [6.07, 6.45) is 0. The maximum absolute atomic E-state index is 11.9. The van der Waals surface area contributed by atoms with Crippen LogP contribution >= 0.6 is 0 Å². The van der Waals surface area contributed by atoms with Crippen molar-refractivity contribution in [2.75, 3.05) is 26.2 Å². The SMILES string of the molecule is CCN(CC)CCNS(=O)(=O)Cc1ccc(C#N)cc1. The molecule has 0 radical (unpaired) electrons. The van der Waals surface area contributed by atoms with Gasteiger partial charge in [0.05, 0.1) is 17.4 Å². The quantitative estimate of drug-likeness (QED) is 0.785. The molecule has 0 aromatic heterocycles. The van der Waals surface area contributed by atoms with Gasteiger partial charge in [-0.25, -0.2) is 13.1 Å². The Balaban J connectivity index is 2.50. The first kappa shape index (κ1) is 16.6. The van der Waals surface area contributed by atoms with Gasteiger partial charge in [-0.3, -0.25) is 0 Å². The first-order valence-electron chi connectivity index (χ1n) is 6.69. The van der Waals surface area contributed by atoms with Gasteiger partial charge in [-0.05, 0) is 30.8 Å². The van der Waals surface area contributed by atoms with Crippen molar-refractivity contribution in [2.24, 2.45) is 0 Å². The van der Waals surface area contributed by atoms with Crippen LogP contribution in [0.5, 0.6) is 0 Å². The highest BCUT2D eigenvalue weighted by molar-refractivity contribution is 7.88. The van der Waals surface area contributed by atoms with Crippen LogP contribution in [0.1, 0.15) is 25.0 Å². The number of rotatable bonds is 8. The number of nitriles is 1. The molecule has 1 aromatic carbocycles. The number of nitrogens with one attached hydrogen (secondary N) is 1. The number of hydrogen-bond donors (Lipinski definition) is 1. The van der Waals surface area contributed by atoms with Gasteiger partial charge in [0.25, 0.3) is 0 Å². The van der Waals surface area contributed by atoms with Crippen LogP contribution in [0.2, 0.25) is 0 Å². The highest BCUT2D eigenvalue weighted by Crippen LogP contribution is 2.07. The summed E-state index contributed by atoms with van der Waals surface area (Å²) in [4.78, 5) is 2.16. The summed E-state index contributed by atoms with van der Waals surface area (Å²) in [6, 6.07) is 8.60. The monoisotopic (exact) mass is 295 g/mol. The molecule has 0 spiro atoms. The van der Waals surface area contributed by atoms with Gasteiger partial charge in [0.2, 0.25) is 10.0 Å². The van der Waals surface area contributed by atoms with Crippen molar-refractivity contribution in [3.63, 3.8) is 0 Å². The molecule has 0 fully saturated rings. The van der Waals surface area contributed by atoms with E-state index in [1.54, 1.807) is 24.3 Å². The predicted molar refractivity (Wildman–Crippen MR) is 79.6 cm³/mol. The van der Waals surface area contributed by atoms with E-state index in [1.807, 2.05) is 6.07 Å². The van der Waals surface area contributed by atoms with Crippen LogP contribution in [0.15, 0.2) is 24.3 Å². The first-order chi connectivity index (χ1) is 9.50. The summed E-state index contributed by atoms with van der Waals surface area (Å²) in [6.45, 7) is 7.05. The lowest BCUT2D eigenvalue weighted by atomic mass is 10.2. The van der Waals surface area contributed by atoms with Crippen molar-refractivity contribution in [3.05, 3.63) is 35.4 Å². The third-order valence-corrected chi connectivity index (χ3v) is 4.44. The van der Waals surface area contributed by atoms with Crippen LogP contribution in [-0.4, -0.2) is 39.5 Å². The molecule has 0 saturated heterocycles. The molecule has 20 heavy (non-hydrogen) atoms. The predicted octanol–water partition coefficient (Wildman–Crippen LogP) is 1.32. The molecule has 6 heteroatoms. The maximum Gasteiger partial charge on any atom is 0.215 e. The zero-order valence-corrected chi connectivity index (χ0v) is 12.8. The highest BCUT2D eigenvalue weighted by atomic mass is 32.2. The molecule has 0 aliphatic heterocycles. The zero-order valence-electron chi connectivity index (χ0n) is 12.0. The van der Waals surface area contributed by atoms with E-state index in [9.17, 15) is 8.42 Å². The smallest absolute Gasteiger partial charge is 0.215 e. The van der Waals surface area contributed by atoms with E-state index >= 15 is 0 Å². The molecular weight excluding hydrogens is 274 g/mol. The summed E-state index contributed by atoms with van der Waals surface area (Å²) >= 11 is 0. The van der Waals surface area contributed by atoms with Gasteiger partial charge in [-0.1, -0.05) is 26.0 Å². The van der Waals surface area contributed by atoms with Crippen molar-refractivity contribution < 1.29 is 8.42 Å². The Morgan fingerprint density at radius 2 is 1.80 bits per heavy atom. The highest BCUT2D eigenvalue weighted by Gasteiger charge is 2.11. The number of nitrogens with zero attached hydrogens (tertiary/aromatic N) is 2. The lowest BCUT2D eigenvalue weighted by Gasteiger charge is -2.18. The maximum atomic E-state index is 11.9. The second kappa shape index (κ2) is 8.00. The van der Waals surface area contributed by atoms with Gasteiger partial charge in [0.1, 0.15) is 0 Å². The fourth-order valence-corrected chi connectivity index (χ4v) is 2.98. The molecular formula is C14H21N3O2S. The summed E-state index contributed by atoms with van der Waals surface area (Å²) in [5, 5.41) is 8.69. The lowest BCUT2D eigenvalue weighted by Crippen LogP contribution is -2.35.